The van der Waals surface area contributed by atoms with Gasteiger partial charge in [-0.25, -0.2) is 0 Å². The van der Waals surface area contributed by atoms with Gasteiger partial charge >= 0.3 is 0 Å². The van der Waals surface area contributed by atoms with Crippen LogP contribution < -0.4 is 0 Å². The molecule has 394 valence electrons. The molecule has 6 fully saturated rings. The van der Waals surface area contributed by atoms with Gasteiger partial charge in [-0.2, -0.15) is 0 Å². The Balaban J connectivity index is 1.17. The van der Waals surface area contributed by atoms with Crippen molar-refractivity contribution in [2.24, 2.45) is 4.99 Å². The zero-order valence-corrected chi connectivity index (χ0v) is 36.1. The number of aliphatic hydroxyl groups is 18. The number of aliphatic hydroxyl groups excluding tert-OH is 18. The van der Waals surface area contributed by atoms with Crippen LogP contribution in [-0.4, -0.2) is 315 Å². The highest BCUT2D eigenvalue weighted by molar-refractivity contribution is 5.84. The number of hydrogen-bond acceptors (Lipinski definition) is 30. The molecule has 6 saturated heterocycles. The molecular formula is C38H63NO29. The molecule has 7 heterocycles. The Morgan fingerprint density at radius 3 is 1.38 bits per heavy atom. The summed E-state index contributed by atoms with van der Waals surface area (Å²) < 4.78 is 63.0. The van der Waals surface area contributed by atoms with Gasteiger partial charge in [0.25, 0.3) is 0 Å². The molecule has 30 atom stereocenters. The number of nitrogens with zero attached hydrogens (tertiary/aromatic N) is 1. The molecule has 0 aromatic carbocycles. The van der Waals surface area contributed by atoms with E-state index in [1.165, 1.54) is 0 Å². The Bertz CT molecular complexity index is 1640. The summed E-state index contributed by atoms with van der Waals surface area (Å²) in [7, 11) is 0. The first-order chi connectivity index (χ1) is 32.2. The SMILES string of the molecule is CC1=NC2[C@@H](O)[C@H](O[C@@H]3OC(CO[C@H]4OC(CO)[C@@H](O)[C@H](O)C4O[C@H]4OC(CO)[C@@H](O)[C@H](O)C4O)[C@@H](O)[C@H](O[C@H]4O[C@@H](O)[C@@H](O)C(O)C4O[C@H]4O[C@@H](CO)[C@@H](O)C(O)C4O)C3O)C(CO)O[C@@H]2C1. The summed E-state index contributed by atoms with van der Waals surface area (Å²) in [6.07, 6.45) is -53.9. The molecule has 68 heavy (non-hydrogen) atoms. The lowest BCUT2D eigenvalue weighted by molar-refractivity contribution is -0.409. The second kappa shape index (κ2) is 22.7. The van der Waals surface area contributed by atoms with E-state index < -0.39 is 217 Å². The highest BCUT2D eigenvalue weighted by Gasteiger charge is 2.57. The van der Waals surface area contributed by atoms with Crippen molar-refractivity contribution in [2.45, 2.75) is 198 Å². The summed E-state index contributed by atoms with van der Waals surface area (Å²) >= 11 is 0. The van der Waals surface area contributed by atoms with E-state index in [9.17, 15) is 91.9 Å². The van der Waals surface area contributed by atoms with Gasteiger partial charge in [-0.1, -0.05) is 0 Å². The third-order valence-electron chi connectivity index (χ3n) is 13.1. The summed E-state index contributed by atoms with van der Waals surface area (Å²) in [5.41, 5.74) is 0.612. The highest BCUT2D eigenvalue weighted by atomic mass is 16.8. The van der Waals surface area contributed by atoms with Gasteiger partial charge in [-0.15, -0.1) is 0 Å². The van der Waals surface area contributed by atoms with E-state index in [1.807, 2.05) is 0 Å². The Kier molecular flexibility index (Phi) is 18.1. The molecule has 0 radical (unpaired) electrons. The van der Waals surface area contributed by atoms with Crippen LogP contribution in [0.3, 0.4) is 0 Å². The normalized spacial score (nSPS) is 53.5. The van der Waals surface area contributed by atoms with Gasteiger partial charge in [-0.05, 0) is 6.92 Å². The minimum Gasteiger partial charge on any atom is -0.394 e. The van der Waals surface area contributed by atoms with Gasteiger partial charge < -0.3 is 144 Å². The minimum atomic E-state index is -2.27. The molecule has 0 saturated carbocycles. The first kappa shape index (κ1) is 54.3. The van der Waals surface area contributed by atoms with Crippen LogP contribution in [0.2, 0.25) is 0 Å². The molecule has 12 unspecified atom stereocenters. The lowest BCUT2D eigenvalue weighted by Crippen LogP contribution is -2.68. The summed E-state index contributed by atoms with van der Waals surface area (Å²) in [6.45, 7) is -2.67. The molecule has 0 aliphatic carbocycles. The van der Waals surface area contributed by atoms with Crippen molar-refractivity contribution in [1.29, 1.82) is 0 Å². The molecule has 0 aromatic rings. The third kappa shape index (κ3) is 10.8. The second-order valence-corrected chi connectivity index (χ2v) is 17.7. The Labute approximate surface area is 385 Å². The van der Waals surface area contributed by atoms with Crippen molar-refractivity contribution >= 4 is 5.71 Å². The molecule has 0 amide bonds. The molecule has 30 heteroatoms. The molecule has 30 nitrogen and oxygen atoms in total. The lowest BCUT2D eigenvalue weighted by Gasteiger charge is -2.49. The number of ether oxygens (including phenoxy) is 11. The number of fused-ring (bicyclic) bond motifs is 1. The van der Waals surface area contributed by atoms with E-state index in [0.717, 1.165) is 0 Å². The summed E-state index contributed by atoms with van der Waals surface area (Å²) in [5.74, 6) is 0. The van der Waals surface area contributed by atoms with E-state index in [0.29, 0.717) is 12.1 Å². The molecule has 0 aromatic heterocycles. The predicted molar refractivity (Wildman–Crippen MR) is 208 cm³/mol. The van der Waals surface area contributed by atoms with Crippen LogP contribution >= 0.6 is 0 Å². The van der Waals surface area contributed by atoms with Crippen molar-refractivity contribution in [2.75, 3.05) is 33.0 Å². The van der Waals surface area contributed by atoms with Gasteiger partial charge in [-0.3, -0.25) is 4.99 Å². The first-order valence-electron chi connectivity index (χ1n) is 21.9. The number of aliphatic imine (C=N–C) groups is 1. The fourth-order valence-corrected chi connectivity index (χ4v) is 9.15. The van der Waals surface area contributed by atoms with Crippen molar-refractivity contribution in [3.05, 3.63) is 0 Å². The van der Waals surface area contributed by atoms with Gasteiger partial charge in [0.1, 0.15) is 140 Å². The zero-order chi connectivity index (χ0) is 49.6. The summed E-state index contributed by atoms with van der Waals surface area (Å²) in [6, 6.07) is -0.906. The Morgan fingerprint density at radius 1 is 0.397 bits per heavy atom. The summed E-state index contributed by atoms with van der Waals surface area (Å²) in [5, 5.41) is 192. The monoisotopic (exact) mass is 997 g/mol. The van der Waals surface area contributed by atoms with E-state index in [-0.39, 0.29) is 0 Å². The van der Waals surface area contributed by atoms with Crippen LogP contribution in [0.5, 0.6) is 0 Å². The predicted octanol–water partition coefficient (Wildman–Crippen LogP) is -12.2. The maximum atomic E-state index is 11.9. The number of hydrogen-bond donors (Lipinski definition) is 18. The first-order valence-corrected chi connectivity index (χ1v) is 21.9. The van der Waals surface area contributed by atoms with E-state index in [4.69, 9.17) is 52.1 Å². The molecule has 7 rings (SSSR count). The molecule has 7 aliphatic rings. The lowest BCUT2D eigenvalue weighted by atomic mass is 9.92. The van der Waals surface area contributed by atoms with E-state index >= 15 is 0 Å². The van der Waals surface area contributed by atoms with Gasteiger partial charge in [0.15, 0.2) is 37.7 Å². The van der Waals surface area contributed by atoms with Crippen molar-refractivity contribution in [3.8, 4) is 0 Å². The minimum absolute atomic E-state index is 0.308. The van der Waals surface area contributed by atoms with Crippen molar-refractivity contribution < 1.29 is 144 Å². The third-order valence-corrected chi connectivity index (χ3v) is 13.1. The maximum absolute atomic E-state index is 11.9. The quantitative estimate of drug-likeness (QED) is 0.0724. The average molecular weight is 998 g/mol. The number of rotatable bonds is 15. The summed E-state index contributed by atoms with van der Waals surface area (Å²) in [4.78, 5) is 4.40. The zero-order valence-electron chi connectivity index (χ0n) is 36.1. The van der Waals surface area contributed by atoms with Gasteiger partial charge in [0.05, 0.1) is 39.1 Å². The fraction of sp³-hybridized carbons (Fsp3) is 0.974. The second-order valence-electron chi connectivity index (χ2n) is 17.7. The molecule has 7 aliphatic heterocycles. The smallest absolute Gasteiger partial charge is 0.190 e. The Hall–Kier alpha value is -1.49. The topological polar surface area (TPSA) is 478 Å². The largest absolute Gasteiger partial charge is 0.394 e. The maximum Gasteiger partial charge on any atom is 0.190 e. The fourth-order valence-electron chi connectivity index (χ4n) is 9.15. The molecule has 0 spiro atoms. The van der Waals surface area contributed by atoms with Gasteiger partial charge in [0, 0.05) is 12.1 Å². The van der Waals surface area contributed by atoms with Crippen LogP contribution in [0, 0.1) is 0 Å². The van der Waals surface area contributed by atoms with Crippen LogP contribution in [0.25, 0.3) is 0 Å². The Morgan fingerprint density at radius 2 is 0.838 bits per heavy atom. The highest BCUT2D eigenvalue weighted by Crippen LogP contribution is 2.38. The molecule has 0 bridgehead atoms. The van der Waals surface area contributed by atoms with Crippen LogP contribution in [0.4, 0.5) is 0 Å². The molecule has 18 N–H and O–H groups in total. The van der Waals surface area contributed by atoms with E-state index in [1.54, 1.807) is 6.92 Å². The van der Waals surface area contributed by atoms with Crippen molar-refractivity contribution in [1.82, 2.24) is 0 Å². The van der Waals surface area contributed by atoms with Crippen LogP contribution in [0.1, 0.15) is 13.3 Å². The van der Waals surface area contributed by atoms with Crippen molar-refractivity contribution in [3.63, 3.8) is 0 Å². The standard InChI is InChI=1S/C38H63NO29/c1-8-2-9-15(39-8)20(48)29(13(6-43)59-9)64-36-28(56)30(65-38-32(24(52)25(53)33(57)68-38)67-35-27(55)22(50)17(45)11(4-41)61-35)19(47)14(63-36)7-58-37-31(23(51)18(46)12(5-42)62-37)66-34-26(54)21(49)16(44)10(3-40)60-34/h9-38,40-57H,2-7H2,1H3/t9-,10?,11+,12?,13?,14?,15?,16-,17-,18-,19-,20-,21+,22?,23+,24?,25+,26?,27?,28?,29-,30+,31?,32?,33-,34-,35-,36+,37+,38+/m1/s1. The van der Waals surface area contributed by atoms with Crippen LogP contribution in [-0.2, 0) is 52.1 Å². The average Bonchev–Trinajstić information content (AvgIpc) is 3.71. The molecular weight excluding hydrogens is 934 g/mol. The van der Waals surface area contributed by atoms with Crippen LogP contribution in [0.15, 0.2) is 4.99 Å². The van der Waals surface area contributed by atoms with E-state index in [2.05, 4.69) is 4.99 Å². The van der Waals surface area contributed by atoms with Gasteiger partial charge in [0.2, 0.25) is 0 Å².